The van der Waals surface area contributed by atoms with Crippen LogP contribution < -0.4 is 5.56 Å². The lowest BCUT2D eigenvalue weighted by Crippen LogP contribution is -2.43. The molecular formula is C22H29N3O2. The van der Waals surface area contributed by atoms with Gasteiger partial charge in [0.25, 0.3) is 11.5 Å². The number of amides is 1. The third kappa shape index (κ3) is 4.29. The van der Waals surface area contributed by atoms with E-state index in [4.69, 9.17) is 0 Å². The quantitative estimate of drug-likeness (QED) is 0.806. The summed E-state index contributed by atoms with van der Waals surface area (Å²) in [4.78, 5) is 32.3. The highest BCUT2D eigenvalue weighted by Gasteiger charge is 2.28. The predicted molar refractivity (Wildman–Crippen MR) is 107 cm³/mol. The average molecular weight is 367 g/mol. The first kappa shape index (κ1) is 19.3. The van der Waals surface area contributed by atoms with Crippen molar-refractivity contribution >= 4 is 5.91 Å². The van der Waals surface area contributed by atoms with Crippen LogP contribution in [0.5, 0.6) is 0 Å². The van der Waals surface area contributed by atoms with Crippen molar-refractivity contribution in [3.63, 3.8) is 0 Å². The van der Waals surface area contributed by atoms with E-state index in [-0.39, 0.29) is 29.0 Å². The second kappa shape index (κ2) is 8.51. The minimum atomic E-state index is -0.210. The molecule has 0 N–H and O–H groups in total. The molecule has 0 saturated heterocycles. The van der Waals surface area contributed by atoms with Crippen molar-refractivity contribution in [2.24, 2.45) is 7.05 Å². The largest absolute Gasteiger partial charge is 0.331 e. The Morgan fingerprint density at radius 1 is 1.22 bits per heavy atom. The monoisotopic (exact) mass is 367 g/mol. The van der Waals surface area contributed by atoms with Crippen LogP contribution in [0.25, 0.3) is 0 Å². The first-order chi connectivity index (χ1) is 13.0. The van der Waals surface area contributed by atoms with Crippen LogP contribution in [0.4, 0.5) is 0 Å². The van der Waals surface area contributed by atoms with E-state index in [9.17, 15) is 9.59 Å². The third-order valence-electron chi connectivity index (χ3n) is 5.52. The van der Waals surface area contributed by atoms with E-state index in [0.29, 0.717) is 6.54 Å². The summed E-state index contributed by atoms with van der Waals surface area (Å²) in [6.45, 7) is 4.59. The number of carbonyl (C=O) groups is 1. The molecule has 2 aromatic heterocycles. The number of hydrogen-bond donors (Lipinski definition) is 0. The normalized spacial score (nSPS) is 15.1. The minimum Gasteiger partial charge on any atom is -0.331 e. The van der Waals surface area contributed by atoms with Crippen molar-refractivity contribution < 1.29 is 4.79 Å². The van der Waals surface area contributed by atoms with Gasteiger partial charge in [-0.1, -0.05) is 39.2 Å². The lowest BCUT2D eigenvalue weighted by atomic mass is 9.93. The molecule has 2 aromatic rings. The summed E-state index contributed by atoms with van der Waals surface area (Å²) in [6, 6.07) is 7.66. The fourth-order valence-corrected chi connectivity index (χ4v) is 3.99. The van der Waals surface area contributed by atoms with Crippen LogP contribution in [0.2, 0.25) is 0 Å². The first-order valence-corrected chi connectivity index (χ1v) is 9.89. The molecule has 1 aliphatic rings. The van der Waals surface area contributed by atoms with E-state index in [1.807, 2.05) is 36.9 Å². The number of pyridine rings is 2. The van der Waals surface area contributed by atoms with Gasteiger partial charge in [0.15, 0.2) is 0 Å². The Bertz CT molecular complexity index is 836. The van der Waals surface area contributed by atoms with Crippen molar-refractivity contribution in [2.45, 2.75) is 64.5 Å². The highest BCUT2D eigenvalue weighted by atomic mass is 16.2. The number of aromatic nitrogens is 2. The zero-order valence-corrected chi connectivity index (χ0v) is 16.5. The molecule has 0 atom stereocenters. The van der Waals surface area contributed by atoms with E-state index in [1.165, 1.54) is 6.42 Å². The molecule has 1 fully saturated rings. The van der Waals surface area contributed by atoms with Gasteiger partial charge in [-0.15, -0.1) is 0 Å². The van der Waals surface area contributed by atoms with Crippen LogP contribution in [0.3, 0.4) is 0 Å². The van der Waals surface area contributed by atoms with Crippen LogP contribution in [0, 0.1) is 0 Å². The summed E-state index contributed by atoms with van der Waals surface area (Å²) >= 11 is 0. The number of carbonyl (C=O) groups excluding carboxylic acids is 1. The SMILES string of the molecule is CC(C)c1ccc(C(=O)N(Cc2cccnc2)C2CCCCC2)c(=O)n1C. The van der Waals surface area contributed by atoms with Crippen molar-refractivity contribution in [3.05, 3.63) is 63.8 Å². The zero-order chi connectivity index (χ0) is 19.4. The summed E-state index contributed by atoms with van der Waals surface area (Å²) in [7, 11) is 1.75. The summed E-state index contributed by atoms with van der Waals surface area (Å²) < 4.78 is 1.61. The molecule has 1 saturated carbocycles. The van der Waals surface area contributed by atoms with Crippen molar-refractivity contribution in [2.75, 3.05) is 0 Å². The lowest BCUT2D eigenvalue weighted by molar-refractivity contribution is 0.0611. The van der Waals surface area contributed by atoms with Gasteiger partial charge < -0.3 is 9.47 Å². The maximum absolute atomic E-state index is 13.4. The molecule has 5 nitrogen and oxygen atoms in total. The highest BCUT2D eigenvalue weighted by molar-refractivity contribution is 5.94. The van der Waals surface area contributed by atoms with Gasteiger partial charge in [-0.05, 0) is 42.5 Å². The van der Waals surface area contributed by atoms with Crippen LogP contribution >= 0.6 is 0 Å². The molecule has 2 heterocycles. The molecule has 3 rings (SSSR count). The Balaban J connectivity index is 1.95. The van der Waals surface area contributed by atoms with E-state index in [2.05, 4.69) is 4.98 Å². The number of rotatable bonds is 5. The molecule has 0 spiro atoms. The standard InChI is InChI=1S/C22H29N3O2/c1-16(2)20-12-11-19(21(26)24(20)3)22(27)25(18-9-5-4-6-10-18)15-17-8-7-13-23-14-17/h7-8,11-14,16,18H,4-6,9-10,15H2,1-3H3. The van der Waals surface area contributed by atoms with Gasteiger partial charge in [-0.3, -0.25) is 14.6 Å². The van der Waals surface area contributed by atoms with E-state index in [0.717, 1.165) is 36.9 Å². The summed E-state index contributed by atoms with van der Waals surface area (Å²) in [5.41, 5.74) is 1.98. The van der Waals surface area contributed by atoms with Gasteiger partial charge in [0.05, 0.1) is 0 Å². The zero-order valence-electron chi connectivity index (χ0n) is 16.5. The molecule has 0 unspecified atom stereocenters. The van der Waals surface area contributed by atoms with E-state index in [1.54, 1.807) is 30.1 Å². The molecule has 0 radical (unpaired) electrons. The Morgan fingerprint density at radius 3 is 2.59 bits per heavy atom. The van der Waals surface area contributed by atoms with Gasteiger partial charge in [0.2, 0.25) is 0 Å². The van der Waals surface area contributed by atoms with Crippen molar-refractivity contribution in [1.29, 1.82) is 0 Å². The van der Waals surface area contributed by atoms with Gasteiger partial charge in [0.1, 0.15) is 5.56 Å². The van der Waals surface area contributed by atoms with Crippen LogP contribution in [0.1, 0.15) is 73.5 Å². The third-order valence-corrected chi connectivity index (χ3v) is 5.52. The molecule has 1 aliphatic carbocycles. The smallest absolute Gasteiger partial charge is 0.263 e. The molecule has 0 aromatic carbocycles. The summed E-state index contributed by atoms with van der Waals surface area (Å²) in [5.74, 6) is 0.0679. The topological polar surface area (TPSA) is 55.2 Å². The Hall–Kier alpha value is -2.43. The molecule has 5 heteroatoms. The number of nitrogens with zero attached hydrogens (tertiary/aromatic N) is 3. The average Bonchev–Trinajstić information content (AvgIpc) is 2.69. The van der Waals surface area contributed by atoms with Gasteiger partial charge >= 0.3 is 0 Å². The minimum absolute atomic E-state index is 0.165. The van der Waals surface area contributed by atoms with E-state index >= 15 is 0 Å². The van der Waals surface area contributed by atoms with Gasteiger partial charge in [-0.2, -0.15) is 0 Å². The predicted octanol–water partition coefficient (Wildman–Crippen LogP) is 3.88. The first-order valence-electron chi connectivity index (χ1n) is 9.89. The highest BCUT2D eigenvalue weighted by Crippen LogP contribution is 2.25. The van der Waals surface area contributed by atoms with Gasteiger partial charge in [-0.25, -0.2) is 0 Å². The van der Waals surface area contributed by atoms with Crippen molar-refractivity contribution in [3.8, 4) is 0 Å². The van der Waals surface area contributed by atoms with Crippen LogP contribution in [-0.2, 0) is 13.6 Å². The second-order valence-corrected chi connectivity index (χ2v) is 7.78. The molecule has 0 bridgehead atoms. The Morgan fingerprint density at radius 2 is 1.96 bits per heavy atom. The fourth-order valence-electron chi connectivity index (χ4n) is 3.99. The number of hydrogen-bond acceptors (Lipinski definition) is 3. The molecule has 0 aliphatic heterocycles. The molecule has 1 amide bonds. The Kier molecular flexibility index (Phi) is 6.09. The maximum atomic E-state index is 13.4. The van der Waals surface area contributed by atoms with E-state index < -0.39 is 0 Å². The second-order valence-electron chi connectivity index (χ2n) is 7.78. The Labute approximate surface area is 161 Å². The molecular weight excluding hydrogens is 338 g/mol. The summed E-state index contributed by atoms with van der Waals surface area (Å²) in [6.07, 6.45) is 9.00. The molecule has 144 valence electrons. The molecule has 27 heavy (non-hydrogen) atoms. The summed E-state index contributed by atoms with van der Waals surface area (Å²) in [5, 5.41) is 0. The fraction of sp³-hybridized carbons (Fsp3) is 0.500. The lowest BCUT2D eigenvalue weighted by Gasteiger charge is -2.34. The van der Waals surface area contributed by atoms with Crippen LogP contribution in [0.15, 0.2) is 41.5 Å². The van der Waals surface area contributed by atoms with Crippen molar-refractivity contribution in [1.82, 2.24) is 14.5 Å². The maximum Gasteiger partial charge on any atom is 0.263 e. The van der Waals surface area contributed by atoms with Crippen LogP contribution in [-0.4, -0.2) is 26.4 Å². The van der Waals surface area contributed by atoms with Gasteiger partial charge in [0, 0.05) is 37.7 Å².